The molecule has 1 atom stereocenters. The summed E-state index contributed by atoms with van der Waals surface area (Å²) in [6.07, 6.45) is 1.95. The van der Waals surface area contributed by atoms with Gasteiger partial charge in [-0.25, -0.2) is 0 Å². The van der Waals surface area contributed by atoms with Gasteiger partial charge in [0, 0.05) is 38.3 Å². The fraction of sp³-hybridized carbons (Fsp3) is 0.360. The van der Waals surface area contributed by atoms with Crippen molar-refractivity contribution in [2.45, 2.75) is 13.0 Å². The van der Waals surface area contributed by atoms with Gasteiger partial charge in [0.25, 0.3) is 0 Å². The highest BCUT2D eigenvalue weighted by Gasteiger charge is 2.26. The molecule has 2 aromatic carbocycles. The van der Waals surface area contributed by atoms with E-state index >= 15 is 0 Å². The fourth-order valence-electron chi connectivity index (χ4n) is 3.76. The zero-order valence-corrected chi connectivity index (χ0v) is 19.2. The van der Waals surface area contributed by atoms with Gasteiger partial charge in [-0.15, -0.1) is 6.58 Å². The first-order valence-corrected chi connectivity index (χ1v) is 11.1. The number of esters is 1. The summed E-state index contributed by atoms with van der Waals surface area (Å²) in [4.78, 5) is 14.9. The van der Waals surface area contributed by atoms with E-state index in [0.29, 0.717) is 6.61 Å². The van der Waals surface area contributed by atoms with Crippen molar-refractivity contribution in [1.29, 1.82) is 5.41 Å². The Kier molecular flexibility index (Phi) is 10.6. The Morgan fingerprint density at radius 2 is 1.85 bits per heavy atom. The normalized spacial score (nSPS) is 15.1. The molecule has 3 rings (SSSR count). The number of carbonyl (C=O) groups excluding carboxylic acids is 1. The lowest BCUT2D eigenvalue weighted by Gasteiger charge is -2.39. The van der Waals surface area contributed by atoms with Crippen molar-refractivity contribution >= 4 is 11.8 Å². The van der Waals surface area contributed by atoms with Crippen LogP contribution in [0.25, 0.3) is 0 Å². The van der Waals surface area contributed by atoms with Crippen LogP contribution in [-0.4, -0.2) is 72.6 Å². The molecule has 0 aliphatic carbocycles. The highest BCUT2D eigenvalue weighted by Crippen LogP contribution is 2.31. The molecule has 0 amide bonds. The maximum atomic E-state index is 10.1. The Balaban J connectivity index is 0.000000479. The van der Waals surface area contributed by atoms with Crippen LogP contribution in [0.1, 0.15) is 29.7 Å². The predicted octanol–water partition coefficient (Wildman–Crippen LogP) is 2.08. The van der Waals surface area contributed by atoms with Gasteiger partial charge in [-0.3, -0.25) is 20.0 Å². The van der Waals surface area contributed by atoms with Gasteiger partial charge >= 0.3 is 5.97 Å². The minimum atomic E-state index is -0.345. The lowest BCUT2D eigenvalue weighted by molar-refractivity contribution is -0.141. The molecule has 1 saturated heterocycles. The Morgan fingerprint density at radius 3 is 2.33 bits per heavy atom. The minimum absolute atomic E-state index is 0.0200. The Morgan fingerprint density at radius 1 is 1.18 bits per heavy atom. The molecule has 0 spiro atoms. The number of rotatable bonds is 8. The maximum absolute atomic E-state index is 10.1. The number of carbonyl (C=O) groups is 1. The van der Waals surface area contributed by atoms with Crippen molar-refractivity contribution in [3.63, 3.8) is 0 Å². The van der Waals surface area contributed by atoms with E-state index in [1.807, 2.05) is 42.5 Å². The van der Waals surface area contributed by atoms with Gasteiger partial charge < -0.3 is 21.3 Å². The van der Waals surface area contributed by atoms with Crippen molar-refractivity contribution in [3.05, 3.63) is 77.9 Å². The number of amidine groups is 1. The molecule has 1 aliphatic heterocycles. The van der Waals surface area contributed by atoms with Crippen LogP contribution < -0.4 is 11.5 Å². The van der Waals surface area contributed by atoms with Crippen LogP contribution in [0.3, 0.4) is 0 Å². The molecule has 1 aliphatic rings. The summed E-state index contributed by atoms with van der Waals surface area (Å²) in [5.41, 5.74) is 13.4. The van der Waals surface area contributed by atoms with E-state index in [9.17, 15) is 9.90 Å². The van der Waals surface area contributed by atoms with Crippen molar-refractivity contribution in [2.24, 2.45) is 11.5 Å². The van der Waals surface area contributed by atoms with Crippen LogP contribution in [0, 0.1) is 5.41 Å². The quantitative estimate of drug-likeness (QED) is 0.208. The molecule has 2 aromatic rings. The topological polar surface area (TPSA) is 129 Å². The van der Waals surface area contributed by atoms with E-state index in [1.54, 1.807) is 13.0 Å². The van der Waals surface area contributed by atoms with E-state index in [1.165, 1.54) is 0 Å². The van der Waals surface area contributed by atoms with Crippen LogP contribution in [0.15, 0.2) is 61.2 Å². The number of ether oxygens (including phenoxy) is 1. The number of phenolic OH excluding ortho intramolecular Hbond substituents is 1. The highest BCUT2D eigenvalue weighted by atomic mass is 16.5. The lowest BCUT2D eigenvalue weighted by Crippen LogP contribution is -2.47. The van der Waals surface area contributed by atoms with Gasteiger partial charge in [0.05, 0.1) is 19.2 Å². The molecule has 8 heteroatoms. The number of piperazine rings is 1. The van der Waals surface area contributed by atoms with Crippen LogP contribution in [0.5, 0.6) is 5.75 Å². The fourth-order valence-corrected chi connectivity index (χ4v) is 3.76. The van der Waals surface area contributed by atoms with E-state index < -0.39 is 0 Å². The first-order chi connectivity index (χ1) is 15.9. The molecule has 6 N–H and O–H groups in total. The molecule has 178 valence electrons. The minimum Gasteiger partial charge on any atom is -0.508 e. The first kappa shape index (κ1) is 26.1. The van der Waals surface area contributed by atoms with Crippen LogP contribution >= 0.6 is 0 Å². The molecular formula is C25H35N5O3. The summed E-state index contributed by atoms with van der Waals surface area (Å²) in [5, 5.41) is 17.5. The van der Waals surface area contributed by atoms with E-state index in [4.69, 9.17) is 16.9 Å². The van der Waals surface area contributed by atoms with Gasteiger partial charge in [0.2, 0.25) is 0 Å². The third kappa shape index (κ3) is 8.02. The zero-order chi connectivity index (χ0) is 24.2. The van der Waals surface area contributed by atoms with Crippen LogP contribution in [0.4, 0.5) is 0 Å². The average molecular weight is 454 g/mol. The van der Waals surface area contributed by atoms with Gasteiger partial charge in [0.15, 0.2) is 0 Å². The van der Waals surface area contributed by atoms with Crippen LogP contribution in [-0.2, 0) is 9.53 Å². The largest absolute Gasteiger partial charge is 0.508 e. The van der Waals surface area contributed by atoms with E-state index in [-0.39, 0.29) is 30.1 Å². The summed E-state index contributed by atoms with van der Waals surface area (Å²) in [5.74, 6) is 0.00384. The second-order valence-electron chi connectivity index (χ2n) is 7.67. The summed E-state index contributed by atoms with van der Waals surface area (Å²) < 4.78 is 4.43. The Labute approximate surface area is 195 Å². The number of phenols is 1. The number of nitrogen functional groups attached to an aromatic ring is 1. The summed E-state index contributed by atoms with van der Waals surface area (Å²) in [7, 11) is 0. The molecular weight excluding hydrogens is 418 g/mol. The van der Waals surface area contributed by atoms with Gasteiger partial charge in [-0.2, -0.15) is 0 Å². The maximum Gasteiger partial charge on any atom is 0.319 e. The van der Waals surface area contributed by atoms with Gasteiger partial charge in [0.1, 0.15) is 11.6 Å². The second-order valence-corrected chi connectivity index (χ2v) is 7.67. The standard InChI is InChI=1S/C21H26N4O.C4H9NO2/c1-2-10-24-11-13-25(14-12-24)20(18-4-3-5-19(26)15-18)16-6-8-17(9-7-16)21(22)23;1-2-7-4(6)3-5/h2-9,15,20,26H,1,10-14H2,(H3,22,23);2-3,5H2,1H3. The molecule has 1 heterocycles. The number of aromatic hydroxyl groups is 1. The monoisotopic (exact) mass is 453 g/mol. The third-order valence-electron chi connectivity index (χ3n) is 5.35. The van der Waals surface area contributed by atoms with Gasteiger partial charge in [-0.1, -0.05) is 42.5 Å². The zero-order valence-electron chi connectivity index (χ0n) is 19.2. The van der Waals surface area contributed by atoms with Crippen molar-refractivity contribution in [3.8, 4) is 5.75 Å². The number of nitrogens with one attached hydrogen (secondary N) is 1. The highest BCUT2D eigenvalue weighted by molar-refractivity contribution is 5.94. The predicted molar refractivity (Wildman–Crippen MR) is 131 cm³/mol. The molecule has 0 saturated carbocycles. The SMILES string of the molecule is C=CCN1CCN(C(c2ccc(C(=N)N)cc2)c2cccc(O)c2)CC1.CCOC(=O)CN. The number of benzene rings is 2. The lowest BCUT2D eigenvalue weighted by atomic mass is 9.95. The summed E-state index contributed by atoms with van der Waals surface area (Å²) in [6.45, 7) is 10.8. The van der Waals surface area contributed by atoms with Crippen molar-refractivity contribution in [2.75, 3.05) is 45.9 Å². The summed E-state index contributed by atoms with van der Waals surface area (Å²) in [6, 6.07) is 15.4. The number of nitrogens with zero attached hydrogens (tertiary/aromatic N) is 2. The van der Waals surface area contributed by atoms with E-state index in [0.717, 1.165) is 49.4 Å². The molecule has 0 bridgehead atoms. The molecule has 8 nitrogen and oxygen atoms in total. The Hall–Kier alpha value is -3.20. The molecule has 1 unspecified atom stereocenters. The van der Waals surface area contributed by atoms with Crippen molar-refractivity contribution < 1.29 is 14.6 Å². The van der Waals surface area contributed by atoms with E-state index in [2.05, 4.69) is 27.2 Å². The summed E-state index contributed by atoms with van der Waals surface area (Å²) >= 11 is 0. The average Bonchev–Trinajstić information content (AvgIpc) is 2.81. The molecule has 0 radical (unpaired) electrons. The number of hydrogen-bond donors (Lipinski definition) is 4. The van der Waals surface area contributed by atoms with Crippen molar-refractivity contribution in [1.82, 2.24) is 9.80 Å². The first-order valence-electron chi connectivity index (χ1n) is 11.1. The molecule has 1 fully saturated rings. The molecule has 33 heavy (non-hydrogen) atoms. The number of nitrogens with two attached hydrogens (primary N) is 2. The smallest absolute Gasteiger partial charge is 0.319 e. The Bertz CT molecular complexity index is 909. The number of hydrogen-bond acceptors (Lipinski definition) is 7. The van der Waals surface area contributed by atoms with Crippen LogP contribution in [0.2, 0.25) is 0 Å². The molecule has 0 aromatic heterocycles. The second kappa shape index (κ2) is 13.4. The van der Waals surface area contributed by atoms with Gasteiger partial charge in [-0.05, 0) is 30.2 Å². The third-order valence-corrected chi connectivity index (χ3v) is 5.35.